The maximum absolute atomic E-state index is 4.46. The fourth-order valence-electron chi connectivity index (χ4n) is 2.12. The molecule has 0 saturated carbocycles. The van der Waals surface area contributed by atoms with Gasteiger partial charge in [0.1, 0.15) is 5.52 Å². The Morgan fingerprint density at radius 1 is 1.38 bits per heavy atom. The fraction of sp³-hybridized carbons (Fsp3) is 0.455. The second kappa shape index (κ2) is 4.09. The van der Waals surface area contributed by atoms with Gasteiger partial charge in [-0.2, -0.15) is 0 Å². The van der Waals surface area contributed by atoms with Crippen molar-refractivity contribution in [1.29, 1.82) is 0 Å². The summed E-state index contributed by atoms with van der Waals surface area (Å²) < 4.78 is 0. The highest BCUT2D eigenvalue weighted by molar-refractivity contribution is 5.69. The Kier molecular flexibility index (Phi) is 2.46. The predicted octanol–water partition coefficient (Wildman–Crippen LogP) is 0.541. The van der Waals surface area contributed by atoms with Crippen LogP contribution < -0.4 is 15.6 Å². The highest BCUT2D eigenvalue weighted by Crippen LogP contribution is 2.13. The van der Waals surface area contributed by atoms with E-state index in [0.717, 1.165) is 43.0 Å². The van der Waals surface area contributed by atoms with E-state index in [1.54, 1.807) is 0 Å². The Morgan fingerprint density at radius 3 is 3.06 bits per heavy atom. The molecule has 1 fully saturated rings. The Labute approximate surface area is 93.7 Å². The van der Waals surface area contributed by atoms with Gasteiger partial charge in [0.05, 0.1) is 6.20 Å². The van der Waals surface area contributed by atoms with Crippen LogP contribution in [0.3, 0.4) is 0 Å². The summed E-state index contributed by atoms with van der Waals surface area (Å²) in [6.45, 7) is 2.17. The zero-order valence-corrected chi connectivity index (χ0v) is 9.09. The number of fused-ring (bicyclic) bond motifs is 1. The number of anilines is 1. The summed E-state index contributed by atoms with van der Waals surface area (Å²) in [7, 11) is 0. The first kappa shape index (κ1) is 9.59. The van der Waals surface area contributed by atoms with Crippen molar-refractivity contribution in [3.63, 3.8) is 0 Å². The molecule has 0 unspecified atom stereocenters. The minimum absolute atomic E-state index is 0.529. The molecular weight excluding hydrogens is 202 g/mol. The second-order valence-corrected chi connectivity index (χ2v) is 4.19. The van der Waals surface area contributed by atoms with Crippen molar-refractivity contribution in [2.24, 2.45) is 0 Å². The summed E-state index contributed by atoms with van der Waals surface area (Å²) in [5.41, 5.74) is 1.94. The highest BCUT2D eigenvalue weighted by atomic mass is 15.2. The Bertz CT molecular complexity index is 439. The third-order valence-corrected chi connectivity index (χ3v) is 2.99. The maximum Gasteiger partial charge on any atom is 0.349 e. The number of aromatic amines is 2. The van der Waals surface area contributed by atoms with Gasteiger partial charge in [0.2, 0.25) is 0 Å². The first-order valence-corrected chi connectivity index (χ1v) is 5.75. The summed E-state index contributed by atoms with van der Waals surface area (Å²) in [4.78, 5) is 10.8. The first-order valence-electron chi connectivity index (χ1n) is 5.75. The number of H-pyrrole nitrogens is 2. The number of hydrogen-bond acceptors (Lipinski definition) is 3. The normalized spacial score (nSPS) is 17.8. The quantitative estimate of drug-likeness (QED) is 0.689. The number of pyridine rings is 1. The molecule has 0 spiro atoms. The number of hydrogen-bond donors (Lipinski definition) is 3. The Balaban J connectivity index is 1.78. The number of piperidine rings is 1. The van der Waals surface area contributed by atoms with Crippen molar-refractivity contribution >= 4 is 17.1 Å². The van der Waals surface area contributed by atoms with E-state index < -0.39 is 0 Å². The molecule has 2 aromatic rings. The van der Waals surface area contributed by atoms with Crippen molar-refractivity contribution in [1.82, 2.24) is 15.3 Å². The van der Waals surface area contributed by atoms with Crippen LogP contribution >= 0.6 is 0 Å². The van der Waals surface area contributed by atoms with Crippen LogP contribution in [0.2, 0.25) is 0 Å². The van der Waals surface area contributed by atoms with E-state index in [-0.39, 0.29) is 0 Å². The summed E-state index contributed by atoms with van der Waals surface area (Å²) in [6, 6.07) is 4.52. The van der Waals surface area contributed by atoms with E-state index in [1.165, 1.54) is 0 Å². The minimum atomic E-state index is 0.529. The van der Waals surface area contributed by atoms with Gasteiger partial charge in [-0.1, -0.05) is 0 Å². The van der Waals surface area contributed by atoms with E-state index in [1.807, 2.05) is 18.3 Å². The lowest BCUT2D eigenvalue weighted by Crippen LogP contribution is -2.35. The average Bonchev–Trinajstić information content (AvgIpc) is 2.72. The SMILES string of the molecule is c1c[nH+]c2nc(NC3CCNCC3)[nH]c2c1. The number of aromatic nitrogens is 3. The Hall–Kier alpha value is -1.62. The summed E-state index contributed by atoms with van der Waals surface area (Å²) in [5, 5.41) is 6.79. The van der Waals surface area contributed by atoms with E-state index in [0.29, 0.717) is 6.04 Å². The lowest BCUT2D eigenvalue weighted by molar-refractivity contribution is -0.347. The molecule has 1 saturated heterocycles. The first-order chi connectivity index (χ1) is 7.92. The molecule has 5 nitrogen and oxygen atoms in total. The van der Waals surface area contributed by atoms with Crippen molar-refractivity contribution < 1.29 is 4.98 Å². The van der Waals surface area contributed by atoms with E-state index >= 15 is 0 Å². The summed E-state index contributed by atoms with van der Waals surface area (Å²) >= 11 is 0. The van der Waals surface area contributed by atoms with Crippen LogP contribution in [0, 0.1) is 0 Å². The van der Waals surface area contributed by atoms with Crippen LogP contribution in [0.15, 0.2) is 18.3 Å². The highest BCUT2D eigenvalue weighted by Gasteiger charge is 2.17. The van der Waals surface area contributed by atoms with Gasteiger partial charge >= 0.3 is 11.6 Å². The number of imidazole rings is 1. The van der Waals surface area contributed by atoms with Crippen molar-refractivity contribution in [2.75, 3.05) is 18.4 Å². The third-order valence-electron chi connectivity index (χ3n) is 2.99. The number of nitrogens with one attached hydrogen (secondary N) is 4. The van der Waals surface area contributed by atoms with E-state index in [2.05, 4.69) is 25.6 Å². The van der Waals surface area contributed by atoms with Gasteiger partial charge in [-0.15, -0.1) is 0 Å². The van der Waals surface area contributed by atoms with Gasteiger partial charge in [0.25, 0.3) is 0 Å². The average molecular weight is 218 g/mol. The molecule has 0 radical (unpaired) electrons. The zero-order valence-electron chi connectivity index (χ0n) is 9.09. The van der Waals surface area contributed by atoms with Crippen LogP contribution in [-0.2, 0) is 0 Å². The predicted molar refractivity (Wildman–Crippen MR) is 62.2 cm³/mol. The lowest BCUT2D eigenvalue weighted by Gasteiger charge is -2.22. The number of nitrogens with zero attached hydrogens (tertiary/aromatic N) is 1. The van der Waals surface area contributed by atoms with Gasteiger partial charge in [0.15, 0.2) is 0 Å². The molecule has 4 N–H and O–H groups in total. The van der Waals surface area contributed by atoms with E-state index in [4.69, 9.17) is 0 Å². The molecule has 0 amide bonds. The summed E-state index contributed by atoms with van der Waals surface area (Å²) in [6.07, 6.45) is 4.19. The van der Waals surface area contributed by atoms with Crippen molar-refractivity contribution in [3.8, 4) is 0 Å². The smallest absolute Gasteiger partial charge is 0.332 e. The van der Waals surface area contributed by atoms with Crippen molar-refractivity contribution in [3.05, 3.63) is 18.3 Å². The topological polar surface area (TPSA) is 66.9 Å². The molecule has 0 aliphatic carbocycles. The number of rotatable bonds is 2. The summed E-state index contributed by atoms with van der Waals surface area (Å²) in [5.74, 6) is 0.865. The largest absolute Gasteiger partial charge is 0.349 e. The maximum atomic E-state index is 4.46. The van der Waals surface area contributed by atoms with Gasteiger partial charge in [-0.25, -0.2) is 4.98 Å². The molecule has 1 aliphatic heterocycles. The lowest BCUT2D eigenvalue weighted by atomic mass is 10.1. The molecular formula is C11H16N5+. The molecule has 16 heavy (non-hydrogen) atoms. The minimum Gasteiger partial charge on any atom is -0.332 e. The monoisotopic (exact) mass is 218 g/mol. The molecule has 0 bridgehead atoms. The molecule has 0 aromatic carbocycles. The third kappa shape index (κ3) is 1.86. The fourth-order valence-corrected chi connectivity index (χ4v) is 2.12. The molecule has 3 rings (SSSR count). The van der Waals surface area contributed by atoms with Gasteiger partial charge in [-0.3, -0.25) is 4.98 Å². The molecule has 2 aromatic heterocycles. The second-order valence-electron chi connectivity index (χ2n) is 4.19. The van der Waals surface area contributed by atoms with Gasteiger partial charge in [-0.05, 0) is 43.0 Å². The zero-order chi connectivity index (χ0) is 10.8. The molecule has 0 atom stereocenters. The molecule has 84 valence electrons. The standard InChI is InChI=1S/C11H15N5/c1-2-9-10(13-5-1)16-11(15-9)14-8-3-6-12-7-4-8/h1-2,5,8,12H,3-4,6-7H2,(H2,13,14,15,16)/p+1. The molecule has 3 heterocycles. The van der Waals surface area contributed by atoms with Crippen LogP contribution in [-0.4, -0.2) is 29.1 Å². The van der Waals surface area contributed by atoms with Crippen LogP contribution in [0.4, 0.5) is 5.95 Å². The van der Waals surface area contributed by atoms with Gasteiger partial charge < -0.3 is 10.6 Å². The van der Waals surface area contributed by atoms with E-state index in [9.17, 15) is 0 Å². The van der Waals surface area contributed by atoms with Crippen molar-refractivity contribution in [2.45, 2.75) is 18.9 Å². The van der Waals surface area contributed by atoms with Crippen LogP contribution in [0.5, 0.6) is 0 Å². The van der Waals surface area contributed by atoms with Gasteiger partial charge in [0, 0.05) is 6.04 Å². The van der Waals surface area contributed by atoms with Crippen LogP contribution in [0.1, 0.15) is 12.8 Å². The Morgan fingerprint density at radius 2 is 2.25 bits per heavy atom. The van der Waals surface area contributed by atoms with Crippen LogP contribution in [0.25, 0.3) is 11.2 Å². The molecule has 1 aliphatic rings. The molecule has 5 heteroatoms.